The van der Waals surface area contributed by atoms with E-state index in [1.54, 1.807) is 0 Å². The van der Waals surface area contributed by atoms with Gasteiger partial charge in [0.1, 0.15) is 0 Å². The maximum Gasteiger partial charge on any atom is 0.0979 e. The molecule has 344 valence electrons. The van der Waals surface area contributed by atoms with E-state index in [2.05, 4.69) is 249 Å². The number of aromatic nitrogens is 2. The van der Waals surface area contributed by atoms with Crippen LogP contribution in [0.3, 0.4) is 0 Å². The predicted octanol–water partition coefficient (Wildman–Crippen LogP) is 20.3. The van der Waals surface area contributed by atoms with E-state index in [1.165, 1.54) is 107 Å². The average Bonchev–Trinajstić information content (AvgIpc) is 4.05. The summed E-state index contributed by atoms with van der Waals surface area (Å²) in [4.78, 5) is 11.3. The molecule has 15 aromatic rings. The van der Waals surface area contributed by atoms with Crippen molar-refractivity contribution in [1.82, 2.24) is 9.97 Å². The second kappa shape index (κ2) is 17.3. The summed E-state index contributed by atoms with van der Waals surface area (Å²) in [6, 6.07) is 90.9. The molecule has 0 aliphatic heterocycles. The molecule has 74 heavy (non-hydrogen) atoms. The zero-order valence-electron chi connectivity index (χ0n) is 40.0. The lowest BCUT2D eigenvalue weighted by Gasteiger charge is -2.19. The minimum Gasteiger partial charge on any atom is -0.252 e. The van der Waals surface area contributed by atoms with E-state index in [1.807, 2.05) is 28.9 Å². The Kier molecular flexibility index (Phi) is 9.97. The second-order valence-corrected chi connectivity index (χ2v) is 21.3. The SMILES string of the molecule is c1ccc(-c2ccc3sc4c(-c5cccc(-c6cc(-c7ccccc7)cc7c6sc6ccc(-c8ccccc8)cc67)c5-c5cnc6c7ccccc7c7ccccc7c6n5)cc(-c5ccccc5)cc4c3c2)cc1. The largest absolute Gasteiger partial charge is 0.252 e. The number of hydrogen-bond donors (Lipinski definition) is 0. The summed E-state index contributed by atoms with van der Waals surface area (Å²) in [6.45, 7) is 0. The molecule has 0 bridgehead atoms. The Morgan fingerprint density at radius 3 is 1.11 bits per heavy atom. The minimum atomic E-state index is 0.833. The highest BCUT2D eigenvalue weighted by Gasteiger charge is 2.24. The van der Waals surface area contributed by atoms with Crippen molar-refractivity contribution < 1.29 is 0 Å². The van der Waals surface area contributed by atoms with Crippen LogP contribution >= 0.6 is 22.7 Å². The van der Waals surface area contributed by atoms with Crippen molar-refractivity contribution in [2.45, 2.75) is 0 Å². The first-order valence-electron chi connectivity index (χ1n) is 25.1. The molecular weight excluding hydrogens is 933 g/mol. The van der Waals surface area contributed by atoms with E-state index in [4.69, 9.17) is 9.97 Å². The van der Waals surface area contributed by atoms with Gasteiger partial charge in [-0.05, 0) is 115 Å². The molecule has 0 amide bonds. The first kappa shape index (κ1) is 42.6. The lowest BCUT2D eigenvalue weighted by atomic mass is 9.86. The van der Waals surface area contributed by atoms with Crippen LogP contribution in [0.2, 0.25) is 0 Å². The molecule has 0 spiro atoms. The zero-order chi connectivity index (χ0) is 48.7. The summed E-state index contributed by atoms with van der Waals surface area (Å²) in [5, 5.41) is 9.53. The number of benzene rings is 12. The summed E-state index contributed by atoms with van der Waals surface area (Å²) >= 11 is 3.75. The van der Waals surface area contributed by atoms with Crippen molar-refractivity contribution in [2.75, 3.05) is 0 Å². The van der Waals surface area contributed by atoms with E-state index in [0.29, 0.717) is 0 Å². The van der Waals surface area contributed by atoms with Gasteiger partial charge in [-0.25, -0.2) is 4.98 Å². The van der Waals surface area contributed by atoms with E-state index in [0.717, 1.165) is 44.2 Å². The quantitative estimate of drug-likeness (QED) is 0.149. The molecule has 0 atom stereocenters. The van der Waals surface area contributed by atoms with E-state index in [-0.39, 0.29) is 0 Å². The minimum absolute atomic E-state index is 0.833. The van der Waals surface area contributed by atoms with Crippen molar-refractivity contribution in [3.05, 3.63) is 255 Å². The van der Waals surface area contributed by atoms with Crippen molar-refractivity contribution in [1.29, 1.82) is 0 Å². The summed E-state index contributed by atoms with van der Waals surface area (Å²) in [6.07, 6.45) is 2.04. The zero-order valence-corrected chi connectivity index (χ0v) is 41.6. The summed E-state index contributed by atoms with van der Waals surface area (Å²) < 4.78 is 4.99. The third kappa shape index (κ3) is 6.98. The lowest BCUT2D eigenvalue weighted by Crippen LogP contribution is -1.97. The highest BCUT2D eigenvalue weighted by molar-refractivity contribution is 7.26. The highest BCUT2D eigenvalue weighted by Crippen LogP contribution is 2.51. The molecule has 0 saturated heterocycles. The van der Waals surface area contributed by atoms with Gasteiger partial charge in [-0.2, -0.15) is 0 Å². The van der Waals surface area contributed by atoms with Crippen LogP contribution in [0.5, 0.6) is 0 Å². The Morgan fingerprint density at radius 1 is 0.257 bits per heavy atom. The Bertz CT molecular complexity index is 4440. The van der Waals surface area contributed by atoms with E-state index >= 15 is 0 Å². The highest BCUT2D eigenvalue weighted by atomic mass is 32.1. The van der Waals surface area contributed by atoms with Gasteiger partial charge in [0.15, 0.2) is 0 Å². The average molecular weight is 975 g/mol. The fourth-order valence-electron chi connectivity index (χ4n) is 11.4. The molecule has 3 heterocycles. The number of thiophene rings is 2. The maximum atomic E-state index is 5.84. The normalized spacial score (nSPS) is 11.8. The van der Waals surface area contributed by atoms with Gasteiger partial charge >= 0.3 is 0 Å². The first-order valence-corrected chi connectivity index (χ1v) is 26.7. The third-order valence-electron chi connectivity index (χ3n) is 14.9. The molecule has 0 unspecified atom stereocenters. The molecule has 0 N–H and O–H groups in total. The Labute approximate surface area is 435 Å². The molecule has 15 rings (SSSR count). The Morgan fingerprint density at radius 2 is 0.649 bits per heavy atom. The molecule has 0 aliphatic rings. The third-order valence-corrected chi connectivity index (χ3v) is 17.3. The Balaban J connectivity index is 1.07. The molecule has 0 saturated carbocycles. The van der Waals surface area contributed by atoms with Crippen molar-refractivity contribution in [3.63, 3.8) is 0 Å². The summed E-state index contributed by atoms with van der Waals surface area (Å²) in [7, 11) is 0. The molecule has 0 radical (unpaired) electrons. The predicted molar refractivity (Wildman–Crippen MR) is 318 cm³/mol. The molecule has 3 aromatic heterocycles. The van der Waals surface area contributed by atoms with Crippen LogP contribution in [0.1, 0.15) is 0 Å². The van der Waals surface area contributed by atoms with Crippen LogP contribution in [0.15, 0.2) is 255 Å². The lowest BCUT2D eigenvalue weighted by molar-refractivity contribution is 1.31. The van der Waals surface area contributed by atoms with Gasteiger partial charge < -0.3 is 0 Å². The molecule has 0 fully saturated rings. The Hall–Kier alpha value is -9.06. The molecule has 12 aromatic carbocycles. The fraction of sp³-hybridized carbons (Fsp3) is 0. The van der Waals surface area contributed by atoms with Crippen LogP contribution in [-0.4, -0.2) is 9.97 Å². The number of rotatable bonds is 7. The van der Waals surface area contributed by atoms with Gasteiger partial charge in [0.25, 0.3) is 0 Å². The van der Waals surface area contributed by atoms with Crippen LogP contribution < -0.4 is 0 Å². The molecule has 2 nitrogen and oxygen atoms in total. The number of fused-ring (bicyclic) bond motifs is 12. The molecule has 0 aliphatic carbocycles. The topological polar surface area (TPSA) is 25.8 Å². The first-order chi connectivity index (χ1) is 36.7. The number of nitrogens with zero attached hydrogens (tertiary/aromatic N) is 2. The van der Waals surface area contributed by atoms with E-state index < -0.39 is 0 Å². The monoisotopic (exact) mass is 974 g/mol. The fourth-order valence-corrected chi connectivity index (χ4v) is 13.8. The van der Waals surface area contributed by atoms with E-state index in [9.17, 15) is 0 Å². The summed E-state index contributed by atoms with van der Waals surface area (Å²) in [5.41, 5.74) is 17.8. The van der Waals surface area contributed by atoms with Gasteiger partial charge in [0.05, 0.1) is 22.9 Å². The van der Waals surface area contributed by atoms with Gasteiger partial charge in [-0.1, -0.05) is 200 Å². The van der Waals surface area contributed by atoms with Crippen LogP contribution in [0.25, 0.3) is 151 Å². The number of hydrogen-bond acceptors (Lipinski definition) is 4. The van der Waals surface area contributed by atoms with Gasteiger partial charge in [-0.15, -0.1) is 22.7 Å². The molecular formula is C70H42N2S2. The van der Waals surface area contributed by atoms with Crippen LogP contribution in [0.4, 0.5) is 0 Å². The smallest absolute Gasteiger partial charge is 0.0979 e. The second-order valence-electron chi connectivity index (χ2n) is 19.2. The van der Waals surface area contributed by atoms with Crippen molar-refractivity contribution in [3.8, 4) is 78.0 Å². The summed E-state index contributed by atoms with van der Waals surface area (Å²) in [5.74, 6) is 0. The van der Waals surface area contributed by atoms with Gasteiger partial charge in [0, 0.05) is 67.8 Å². The standard InChI is InChI=1S/C70H42N2S2/c1-5-18-43(19-6-1)47-32-34-64-57(36-47)61-40-49(45-22-9-3-10-23-45)38-59(69(61)73-64)53-30-17-31-54(66(53)63-42-71-67-55-28-15-13-26-51(55)52-27-14-16-29-56(52)68(67)72-63)60-39-50(46-24-11-4-12-25-46)41-62-58-37-48(44-20-7-2-8-21-44)33-35-65(58)74-70(60)62/h1-42H. The van der Waals surface area contributed by atoms with Crippen LogP contribution in [-0.2, 0) is 0 Å². The van der Waals surface area contributed by atoms with Gasteiger partial charge in [-0.3, -0.25) is 4.98 Å². The van der Waals surface area contributed by atoms with Crippen molar-refractivity contribution >= 4 is 95.6 Å². The maximum absolute atomic E-state index is 5.84. The van der Waals surface area contributed by atoms with Gasteiger partial charge in [0.2, 0.25) is 0 Å². The molecule has 4 heteroatoms. The van der Waals surface area contributed by atoms with Crippen LogP contribution in [0, 0.1) is 0 Å². The van der Waals surface area contributed by atoms with Crippen molar-refractivity contribution in [2.24, 2.45) is 0 Å².